The lowest BCUT2D eigenvalue weighted by atomic mass is 9.82. The average Bonchev–Trinajstić information content (AvgIpc) is 3.36. The monoisotopic (exact) mass is 686 g/mol. The lowest BCUT2D eigenvalue weighted by Crippen LogP contribution is -2.46. The predicted molar refractivity (Wildman–Crippen MR) is 191 cm³/mol. The van der Waals surface area contributed by atoms with Gasteiger partial charge in [0.25, 0.3) is 11.6 Å². The standard InChI is InChI=1S/C40H38N4O7/c1-26(7-6-12-37(46)41-24-30-10-3-2-9-29(30)21-33(41)25-45)40(49)34-22-32(44(50)51)18-19-36(34)42(39(40)48)23-27-13-16-31(17-14-27)43-35-11-5-4-8-28(35)15-20-38(43)47/h2-11,13-14,16-19,22,26,33,45,49H,12,15,20-21,23-25H2,1H3/b7-6+/t26-,33-,40+/m0/s1. The number of carbonyl (C=O) groups is 3. The van der Waals surface area contributed by atoms with Gasteiger partial charge in [0.2, 0.25) is 11.8 Å². The number of benzene rings is 4. The number of rotatable bonds is 9. The summed E-state index contributed by atoms with van der Waals surface area (Å²) in [6, 6.07) is 26.6. The van der Waals surface area contributed by atoms with Gasteiger partial charge in [0.1, 0.15) is 0 Å². The van der Waals surface area contributed by atoms with E-state index in [2.05, 4.69) is 0 Å². The van der Waals surface area contributed by atoms with Crippen LogP contribution in [0.2, 0.25) is 0 Å². The lowest BCUT2D eigenvalue weighted by Gasteiger charge is -2.36. The van der Waals surface area contributed by atoms with Crippen LogP contribution in [0, 0.1) is 16.0 Å². The zero-order valence-corrected chi connectivity index (χ0v) is 28.1. The number of para-hydroxylation sites is 1. The Morgan fingerprint density at radius 2 is 1.67 bits per heavy atom. The van der Waals surface area contributed by atoms with Crippen LogP contribution in [0.5, 0.6) is 0 Å². The van der Waals surface area contributed by atoms with E-state index in [0.717, 1.165) is 27.9 Å². The van der Waals surface area contributed by atoms with Gasteiger partial charge >= 0.3 is 0 Å². The topological polar surface area (TPSA) is 145 Å². The molecule has 7 rings (SSSR count). The maximum Gasteiger partial charge on any atom is 0.269 e. The van der Waals surface area contributed by atoms with E-state index in [9.17, 15) is 34.7 Å². The minimum absolute atomic E-state index is 0.00465. The molecule has 2 N–H and O–H groups in total. The maximum atomic E-state index is 14.2. The summed E-state index contributed by atoms with van der Waals surface area (Å²) >= 11 is 0. The highest BCUT2D eigenvalue weighted by atomic mass is 16.6. The fraction of sp³-hybridized carbons (Fsp3) is 0.275. The van der Waals surface area contributed by atoms with Crippen molar-refractivity contribution in [3.05, 3.63) is 141 Å². The fourth-order valence-corrected chi connectivity index (χ4v) is 7.52. The van der Waals surface area contributed by atoms with Crippen LogP contribution in [0.4, 0.5) is 22.7 Å². The Morgan fingerprint density at radius 1 is 0.961 bits per heavy atom. The van der Waals surface area contributed by atoms with Gasteiger partial charge < -0.3 is 20.0 Å². The van der Waals surface area contributed by atoms with Gasteiger partial charge in [-0.1, -0.05) is 73.7 Å². The molecule has 3 atom stereocenters. The minimum atomic E-state index is -2.14. The van der Waals surface area contributed by atoms with Crippen molar-refractivity contribution in [3.63, 3.8) is 0 Å². The van der Waals surface area contributed by atoms with Crippen molar-refractivity contribution >= 4 is 40.5 Å². The Hall–Kier alpha value is -5.65. The number of carbonyl (C=O) groups excluding carboxylic acids is 3. The molecule has 0 bridgehead atoms. The van der Waals surface area contributed by atoms with Crippen LogP contribution < -0.4 is 9.80 Å². The second-order valence-corrected chi connectivity index (χ2v) is 13.4. The molecule has 0 fully saturated rings. The van der Waals surface area contributed by atoms with E-state index < -0.39 is 22.3 Å². The third-order valence-corrected chi connectivity index (χ3v) is 10.4. The molecular weight excluding hydrogens is 648 g/mol. The second-order valence-electron chi connectivity index (χ2n) is 13.4. The molecule has 11 nitrogen and oxygen atoms in total. The van der Waals surface area contributed by atoms with E-state index in [-0.39, 0.29) is 48.7 Å². The predicted octanol–water partition coefficient (Wildman–Crippen LogP) is 5.47. The summed E-state index contributed by atoms with van der Waals surface area (Å²) in [7, 11) is 0. The number of anilines is 3. The van der Waals surface area contributed by atoms with Crippen molar-refractivity contribution in [2.45, 2.75) is 57.3 Å². The first kappa shape index (κ1) is 33.8. The smallest absolute Gasteiger partial charge is 0.269 e. The van der Waals surface area contributed by atoms with Crippen molar-refractivity contribution in [3.8, 4) is 0 Å². The van der Waals surface area contributed by atoms with Gasteiger partial charge in [-0.25, -0.2) is 0 Å². The number of aryl methyl sites for hydroxylation is 1. The number of fused-ring (bicyclic) bond motifs is 3. The van der Waals surface area contributed by atoms with Gasteiger partial charge in [-0.15, -0.1) is 0 Å². The van der Waals surface area contributed by atoms with Crippen LogP contribution in [0.25, 0.3) is 0 Å². The molecule has 3 heterocycles. The molecule has 3 amide bonds. The summed E-state index contributed by atoms with van der Waals surface area (Å²) in [6.07, 6.45) is 4.81. The van der Waals surface area contributed by atoms with Gasteiger partial charge in [0, 0.05) is 48.7 Å². The first-order valence-corrected chi connectivity index (χ1v) is 17.1. The van der Waals surface area contributed by atoms with Crippen molar-refractivity contribution in [1.82, 2.24) is 4.90 Å². The Bertz CT molecular complexity index is 2060. The van der Waals surface area contributed by atoms with Crippen molar-refractivity contribution in [2.75, 3.05) is 16.4 Å². The number of non-ortho nitro benzene ring substituents is 1. The van der Waals surface area contributed by atoms with Crippen LogP contribution in [0.15, 0.2) is 103 Å². The highest BCUT2D eigenvalue weighted by Crippen LogP contribution is 2.47. The van der Waals surface area contributed by atoms with Gasteiger partial charge in [0.05, 0.1) is 35.5 Å². The molecule has 3 aliphatic heterocycles. The first-order chi connectivity index (χ1) is 24.6. The average molecular weight is 687 g/mol. The van der Waals surface area contributed by atoms with E-state index in [0.29, 0.717) is 37.2 Å². The molecule has 11 heteroatoms. The van der Waals surface area contributed by atoms with E-state index >= 15 is 0 Å². The summed E-state index contributed by atoms with van der Waals surface area (Å²) in [4.78, 5) is 56.4. The van der Waals surface area contributed by atoms with Gasteiger partial charge in [-0.2, -0.15) is 0 Å². The molecule has 0 aliphatic carbocycles. The molecule has 4 aromatic rings. The number of hydrogen-bond acceptors (Lipinski definition) is 7. The SMILES string of the molecule is C[C@@H](/C=C/CC(=O)N1Cc2ccccc2C[C@H]1CO)[C@]1(O)C(=O)N(Cc2ccc(N3C(=O)CCc4ccccc43)cc2)c2ccc([N+](=O)[O-])cc21. The van der Waals surface area contributed by atoms with Crippen molar-refractivity contribution in [1.29, 1.82) is 0 Å². The molecule has 0 spiro atoms. The summed E-state index contributed by atoms with van der Waals surface area (Å²) < 4.78 is 0. The first-order valence-electron chi connectivity index (χ1n) is 17.1. The minimum Gasteiger partial charge on any atom is -0.394 e. The molecular formula is C40H38N4O7. The molecule has 0 saturated heterocycles. The normalized spacial score (nSPS) is 20.3. The highest BCUT2D eigenvalue weighted by Gasteiger charge is 2.53. The third-order valence-electron chi connectivity index (χ3n) is 10.4. The van der Waals surface area contributed by atoms with E-state index in [1.54, 1.807) is 28.9 Å². The van der Waals surface area contributed by atoms with Crippen LogP contribution in [0.3, 0.4) is 0 Å². The molecule has 0 radical (unpaired) electrons. The molecule has 4 aromatic carbocycles. The van der Waals surface area contributed by atoms with Gasteiger partial charge in [-0.3, -0.25) is 29.4 Å². The number of hydrogen-bond donors (Lipinski definition) is 2. The summed E-state index contributed by atoms with van der Waals surface area (Å²) in [5.41, 5.74) is 3.56. The second kappa shape index (κ2) is 13.6. The highest BCUT2D eigenvalue weighted by molar-refractivity contribution is 6.07. The Balaban J connectivity index is 1.11. The third kappa shape index (κ3) is 6.08. The van der Waals surface area contributed by atoms with Crippen molar-refractivity contribution in [2.24, 2.45) is 5.92 Å². The zero-order valence-electron chi connectivity index (χ0n) is 28.1. The summed E-state index contributed by atoms with van der Waals surface area (Å²) in [6.45, 7) is 1.92. The maximum absolute atomic E-state index is 14.2. The van der Waals surface area contributed by atoms with E-state index in [1.807, 2.05) is 72.8 Å². The number of nitro benzene ring substituents is 1. The summed E-state index contributed by atoms with van der Waals surface area (Å²) in [5, 5.41) is 33.9. The van der Waals surface area contributed by atoms with E-state index in [1.165, 1.54) is 23.1 Å². The van der Waals surface area contributed by atoms with Crippen LogP contribution in [0.1, 0.15) is 47.6 Å². The number of nitrogens with zero attached hydrogens (tertiary/aromatic N) is 4. The fourth-order valence-electron chi connectivity index (χ4n) is 7.52. The molecule has 3 aliphatic rings. The zero-order chi connectivity index (χ0) is 35.9. The van der Waals surface area contributed by atoms with Crippen LogP contribution >= 0.6 is 0 Å². The number of amides is 3. The summed E-state index contributed by atoms with van der Waals surface area (Å²) in [5.74, 6) is -1.70. The molecule has 0 saturated carbocycles. The Labute approximate surface area is 295 Å². The van der Waals surface area contributed by atoms with Crippen LogP contribution in [-0.2, 0) is 45.9 Å². The molecule has 0 unspecified atom stereocenters. The number of aliphatic hydroxyl groups excluding tert-OH is 1. The quantitative estimate of drug-likeness (QED) is 0.135. The van der Waals surface area contributed by atoms with Crippen molar-refractivity contribution < 1.29 is 29.5 Å². The Morgan fingerprint density at radius 3 is 2.39 bits per heavy atom. The largest absolute Gasteiger partial charge is 0.394 e. The number of nitro groups is 1. The van der Waals surface area contributed by atoms with Crippen LogP contribution in [-0.4, -0.2) is 50.4 Å². The lowest BCUT2D eigenvalue weighted by molar-refractivity contribution is -0.385. The van der Waals surface area contributed by atoms with E-state index in [4.69, 9.17) is 0 Å². The molecule has 51 heavy (non-hydrogen) atoms. The molecule has 260 valence electrons. The van der Waals surface area contributed by atoms with Gasteiger partial charge in [-0.05, 0) is 59.4 Å². The van der Waals surface area contributed by atoms with Gasteiger partial charge in [0.15, 0.2) is 5.60 Å². The Kier molecular flexibility index (Phi) is 9.01. The number of aliphatic hydroxyl groups is 2. The molecule has 0 aromatic heterocycles.